The van der Waals surface area contributed by atoms with Gasteiger partial charge in [-0.15, -0.1) is 0 Å². The number of halogens is 1. The largest absolute Gasteiger partial charge is 0.467 e. The molecule has 0 fully saturated rings. The first-order chi connectivity index (χ1) is 10.1. The first kappa shape index (κ1) is 13.8. The Bertz CT molecular complexity index is 763. The molecule has 5 nitrogen and oxygen atoms in total. The van der Waals surface area contributed by atoms with Gasteiger partial charge >= 0.3 is 5.97 Å². The van der Waals surface area contributed by atoms with E-state index in [1.807, 2.05) is 4.57 Å². The number of nitrogens with zero attached hydrogens (tertiary/aromatic N) is 3. The molecule has 0 spiro atoms. The van der Waals surface area contributed by atoms with Gasteiger partial charge in [0.05, 0.1) is 25.1 Å². The van der Waals surface area contributed by atoms with Crippen LogP contribution in [-0.4, -0.2) is 22.6 Å². The summed E-state index contributed by atoms with van der Waals surface area (Å²) in [6.45, 7) is 0. The monoisotopic (exact) mass is 345 g/mol. The molecule has 2 aromatic rings. The van der Waals surface area contributed by atoms with Crippen molar-refractivity contribution in [2.45, 2.75) is 18.4 Å². The topological polar surface area (TPSA) is 67.9 Å². The SMILES string of the molecule is COC(=O)C1(c2ccc(C#N)cc2Br)CCc2cncn21. The second kappa shape index (κ2) is 5.01. The van der Waals surface area contributed by atoms with E-state index in [2.05, 4.69) is 27.0 Å². The standard InChI is InChI=1S/C15H12BrN3O2/c1-21-14(20)15(5-4-11-8-18-9-19(11)15)12-3-2-10(7-17)6-13(12)16/h2-3,6,8-9H,4-5H2,1H3. The predicted octanol–water partition coefficient (Wildman–Crippen LogP) is 2.38. The molecular weight excluding hydrogens is 334 g/mol. The number of esters is 1. The van der Waals surface area contributed by atoms with Crippen LogP contribution in [0.2, 0.25) is 0 Å². The number of aryl methyl sites for hydroxylation is 1. The van der Waals surface area contributed by atoms with Crippen LogP contribution in [0.5, 0.6) is 0 Å². The zero-order valence-corrected chi connectivity index (χ0v) is 12.9. The quantitative estimate of drug-likeness (QED) is 0.783. The highest BCUT2D eigenvalue weighted by Gasteiger charge is 2.48. The lowest BCUT2D eigenvalue weighted by Gasteiger charge is -2.29. The minimum absolute atomic E-state index is 0.329. The van der Waals surface area contributed by atoms with Crippen molar-refractivity contribution in [3.8, 4) is 6.07 Å². The molecule has 2 heterocycles. The number of imidazole rings is 1. The van der Waals surface area contributed by atoms with Crippen molar-refractivity contribution in [2.24, 2.45) is 0 Å². The highest BCUT2D eigenvalue weighted by atomic mass is 79.9. The molecule has 0 saturated carbocycles. The summed E-state index contributed by atoms with van der Waals surface area (Å²) in [4.78, 5) is 16.7. The number of rotatable bonds is 2. The molecule has 1 atom stereocenters. The highest BCUT2D eigenvalue weighted by molar-refractivity contribution is 9.10. The lowest BCUT2D eigenvalue weighted by Crippen LogP contribution is -2.41. The lowest BCUT2D eigenvalue weighted by atomic mass is 9.87. The molecule has 6 heteroatoms. The van der Waals surface area contributed by atoms with Gasteiger partial charge in [0.2, 0.25) is 0 Å². The molecule has 106 valence electrons. The molecule has 1 aliphatic heterocycles. The molecule has 3 rings (SSSR count). The molecule has 0 N–H and O–H groups in total. The van der Waals surface area contributed by atoms with E-state index in [-0.39, 0.29) is 5.97 Å². The lowest BCUT2D eigenvalue weighted by molar-refractivity contribution is -0.148. The van der Waals surface area contributed by atoms with E-state index < -0.39 is 5.54 Å². The summed E-state index contributed by atoms with van der Waals surface area (Å²) < 4.78 is 7.64. The predicted molar refractivity (Wildman–Crippen MR) is 78.5 cm³/mol. The number of aromatic nitrogens is 2. The first-order valence-corrected chi connectivity index (χ1v) is 7.23. The number of hydrogen-bond donors (Lipinski definition) is 0. The average molecular weight is 346 g/mol. The number of nitriles is 1. The fraction of sp³-hybridized carbons (Fsp3) is 0.267. The Morgan fingerprint density at radius 1 is 1.57 bits per heavy atom. The third kappa shape index (κ3) is 1.88. The van der Waals surface area contributed by atoms with Crippen LogP contribution in [0.3, 0.4) is 0 Å². The number of benzene rings is 1. The van der Waals surface area contributed by atoms with Crippen molar-refractivity contribution in [1.29, 1.82) is 5.26 Å². The van der Waals surface area contributed by atoms with Gasteiger partial charge < -0.3 is 9.30 Å². The van der Waals surface area contributed by atoms with Gasteiger partial charge in [0, 0.05) is 21.9 Å². The van der Waals surface area contributed by atoms with Crippen molar-refractivity contribution >= 4 is 21.9 Å². The fourth-order valence-corrected chi connectivity index (χ4v) is 3.65. The first-order valence-electron chi connectivity index (χ1n) is 6.43. The Morgan fingerprint density at radius 2 is 2.38 bits per heavy atom. The van der Waals surface area contributed by atoms with Crippen LogP contribution in [0, 0.1) is 11.3 Å². The summed E-state index contributed by atoms with van der Waals surface area (Å²) >= 11 is 3.48. The molecule has 1 aromatic heterocycles. The van der Waals surface area contributed by atoms with Gasteiger partial charge in [-0.2, -0.15) is 5.26 Å². The smallest absolute Gasteiger partial charge is 0.336 e. The molecule has 0 bridgehead atoms. The minimum Gasteiger partial charge on any atom is -0.467 e. The van der Waals surface area contributed by atoms with E-state index in [0.29, 0.717) is 16.5 Å². The van der Waals surface area contributed by atoms with Crippen LogP contribution in [0.25, 0.3) is 0 Å². The second-order valence-electron chi connectivity index (χ2n) is 4.91. The number of carbonyl (C=O) groups excluding carboxylic acids is 1. The zero-order valence-electron chi connectivity index (χ0n) is 11.3. The average Bonchev–Trinajstić information content (AvgIpc) is 3.09. The molecule has 21 heavy (non-hydrogen) atoms. The summed E-state index contributed by atoms with van der Waals surface area (Å²) in [5, 5.41) is 8.98. The molecular formula is C15H12BrN3O2. The van der Waals surface area contributed by atoms with Crippen molar-refractivity contribution < 1.29 is 9.53 Å². The molecule has 1 unspecified atom stereocenters. The molecule has 1 aliphatic rings. The van der Waals surface area contributed by atoms with Crippen molar-refractivity contribution in [2.75, 3.05) is 7.11 Å². The van der Waals surface area contributed by atoms with Crippen LogP contribution in [0.4, 0.5) is 0 Å². The maximum atomic E-state index is 12.5. The van der Waals surface area contributed by atoms with Gasteiger partial charge in [0.15, 0.2) is 5.54 Å². The third-order valence-electron chi connectivity index (χ3n) is 3.94. The normalized spacial score (nSPS) is 19.9. The van der Waals surface area contributed by atoms with Gasteiger partial charge in [-0.25, -0.2) is 9.78 Å². The van der Waals surface area contributed by atoms with Gasteiger partial charge in [0.25, 0.3) is 0 Å². The Kier molecular flexibility index (Phi) is 3.30. The van der Waals surface area contributed by atoms with Gasteiger partial charge in [-0.3, -0.25) is 0 Å². The van der Waals surface area contributed by atoms with E-state index in [9.17, 15) is 4.79 Å². The minimum atomic E-state index is -0.923. The summed E-state index contributed by atoms with van der Waals surface area (Å²) in [5.74, 6) is -0.329. The Morgan fingerprint density at radius 3 is 3.05 bits per heavy atom. The van der Waals surface area contributed by atoms with Crippen molar-refractivity contribution in [3.05, 3.63) is 52.0 Å². The van der Waals surface area contributed by atoms with Crippen molar-refractivity contribution in [3.63, 3.8) is 0 Å². The van der Waals surface area contributed by atoms with Crippen LogP contribution in [-0.2, 0) is 21.5 Å². The number of hydrogen-bond acceptors (Lipinski definition) is 4. The Labute approximate surface area is 130 Å². The van der Waals surface area contributed by atoms with E-state index in [4.69, 9.17) is 10.00 Å². The number of ether oxygens (including phenoxy) is 1. The highest BCUT2D eigenvalue weighted by Crippen LogP contribution is 2.42. The Balaban J connectivity index is 2.24. The molecule has 0 amide bonds. The molecule has 0 aliphatic carbocycles. The number of methoxy groups -OCH3 is 1. The molecule has 0 saturated heterocycles. The fourth-order valence-electron chi connectivity index (χ4n) is 2.94. The van der Waals surface area contributed by atoms with E-state index >= 15 is 0 Å². The van der Waals surface area contributed by atoms with Gasteiger partial charge in [-0.1, -0.05) is 22.0 Å². The second-order valence-corrected chi connectivity index (χ2v) is 5.77. The van der Waals surface area contributed by atoms with Crippen LogP contribution in [0.15, 0.2) is 35.2 Å². The van der Waals surface area contributed by atoms with Gasteiger partial charge in [0.1, 0.15) is 0 Å². The Hall–Kier alpha value is -2.13. The molecule has 1 aromatic carbocycles. The van der Waals surface area contributed by atoms with Crippen LogP contribution in [0.1, 0.15) is 23.2 Å². The third-order valence-corrected chi connectivity index (χ3v) is 4.59. The van der Waals surface area contributed by atoms with E-state index in [1.54, 1.807) is 30.7 Å². The summed E-state index contributed by atoms with van der Waals surface area (Å²) in [6.07, 6.45) is 4.79. The summed E-state index contributed by atoms with van der Waals surface area (Å²) in [5.41, 5.74) is 1.39. The van der Waals surface area contributed by atoms with Crippen molar-refractivity contribution in [1.82, 2.24) is 9.55 Å². The maximum absolute atomic E-state index is 12.5. The molecule has 0 radical (unpaired) electrons. The number of fused-ring (bicyclic) bond motifs is 1. The van der Waals surface area contributed by atoms with E-state index in [0.717, 1.165) is 17.7 Å². The summed E-state index contributed by atoms with van der Waals surface area (Å²) in [6, 6.07) is 7.32. The van der Waals surface area contributed by atoms with Gasteiger partial charge in [-0.05, 0) is 25.0 Å². The number of carbonyl (C=O) groups is 1. The zero-order chi connectivity index (χ0) is 15.0. The summed E-state index contributed by atoms with van der Waals surface area (Å²) in [7, 11) is 1.39. The van der Waals surface area contributed by atoms with Crippen LogP contribution >= 0.6 is 15.9 Å². The van der Waals surface area contributed by atoms with E-state index in [1.165, 1.54) is 7.11 Å². The van der Waals surface area contributed by atoms with Crippen LogP contribution < -0.4 is 0 Å². The maximum Gasteiger partial charge on any atom is 0.336 e.